The van der Waals surface area contributed by atoms with Crippen LogP contribution in [-0.2, 0) is 5.41 Å². The highest BCUT2D eigenvalue weighted by Crippen LogP contribution is 2.55. The van der Waals surface area contributed by atoms with E-state index in [0.29, 0.717) is 17.5 Å². The highest BCUT2D eigenvalue weighted by atomic mass is 15.0. The van der Waals surface area contributed by atoms with Gasteiger partial charge in [0.1, 0.15) is 0 Å². The van der Waals surface area contributed by atoms with Crippen molar-refractivity contribution in [1.29, 1.82) is 0 Å². The first kappa shape index (κ1) is 34.9. The summed E-state index contributed by atoms with van der Waals surface area (Å²) in [5, 5.41) is 12.8. The van der Waals surface area contributed by atoms with Crippen molar-refractivity contribution >= 4 is 64.9 Å². The van der Waals surface area contributed by atoms with Gasteiger partial charge in [0.25, 0.3) is 0 Å². The Morgan fingerprint density at radius 2 is 0.919 bits per heavy atom. The highest BCUT2D eigenvalue weighted by Gasteiger charge is 2.39. The minimum Gasteiger partial charge on any atom is -0.309 e. The van der Waals surface area contributed by atoms with Crippen LogP contribution in [0.2, 0.25) is 0 Å². The minimum atomic E-state index is -0.311. The van der Waals surface area contributed by atoms with Crippen LogP contribution in [0.3, 0.4) is 0 Å². The molecular formula is C58H38N4. The summed E-state index contributed by atoms with van der Waals surface area (Å²) in [5.41, 5.74) is 11.3. The lowest BCUT2D eigenvalue weighted by molar-refractivity contribution is 0.665. The van der Waals surface area contributed by atoms with Gasteiger partial charge < -0.3 is 4.57 Å². The van der Waals surface area contributed by atoms with E-state index in [0.717, 1.165) is 22.4 Å². The van der Waals surface area contributed by atoms with E-state index in [1.165, 1.54) is 87.1 Å². The predicted octanol–water partition coefficient (Wildman–Crippen LogP) is 14.9. The molecule has 12 aromatic rings. The zero-order valence-corrected chi connectivity index (χ0v) is 34.3. The highest BCUT2D eigenvalue weighted by molar-refractivity contribution is 6.27. The summed E-state index contributed by atoms with van der Waals surface area (Å²) in [4.78, 5) is 15.3. The largest absolute Gasteiger partial charge is 0.309 e. The summed E-state index contributed by atoms with van der Waals surface area (Å²) in [5.74, 6) is 1.93. The molecule has 0 saturated heterocycles. The maximum absolute atomic E-state index is 5.13. The van der Waals surface area contributed by atoms with Crippen LogP contribution >= 0.6 is 0 Å². The van der Waals surface area contributed by atoms with Crippen molar-refractivity contribution in [3.05, 3.63) is 205 Å². The van der Waals surface area contributed by atoms with Crippen molar-refractivity contribution in [3.8, 4) is 51.0 Å². The standard InChI is InChI=1S/C58H38N4/c1-58(2)50-34-48-44-27-14-12-25-42(44)41-24-11-13-26-43(41)47(48)33-49(50)45-29-30-46-52-40-23-10-9-16-35(40)28-31-51(52)62(54(46)53(45)58)39-22-15-21-38(32-39)57-60-55(36-17-5-3-6-18-36)59-56(61-57)37-19-7-4-8-20-37/h3-34H,1-2H3. The van der Waals surface area contributed by atoms with E-state index in [1.807, 2.05) is 36.4 Å². The van der Waals surface area contributed by atoms with Crippen molar-refractivity contribution in [2.45, 2.75) is 19.3 Å². The molecule has 1 aliphatic carbocycles. The Morgan fingerprint density at radius 3 is 1.56 bits per heavy atom. The molecular weight excluding hydrogens is 753 g/mol. The van der Waals surface area contributed by atoms with Crippen LogP contribution < -0.4 is 0 Å². The first-order valence-electron chi connectivity index (χ1n) is 21.4. The molecule has 2 aromatic heterocycles. The number of hydrogen-bond donors (Lipinski definition) is 0. The molecule has 4 nitrogen and oxygen atoms in total. The Hall–Kier alpha value is -7.95. The lowest BCUT2D eigenvalue weighted by Gasteiger charge is -2.24. The van der Waals surface area contributed by atoms with Gasteiger partial charge >= 0.3 is 0 Å². The molecule has 10 aromatic carbocycles. The molecule has 0 radical (unpaired) electrons. The fourth-order valence-electron chi connectivity index (χ4n) is 10.5. The van der Waals surface area contributed by atoms with Gasteiger partial charge in [0.2, 0.25) is 0 Å². The number of hydrogen-bond acceptors (Lipinski definition) is 3. The third kappa shape index (κ3) is 4.98. The summed E-state index contributed by atoms with van der Waals surface area (Å²) in [6, 6.07) is 70.0. The van der Waals surface area contributed by atoms with Crippen molar-refractivity contribution in [1.82, 2.24) is 19.5 Å². The molecule has 4 heteroatoms. The van der Waals surface area contributed by atoms with Crippen molar-refractivity contribution in [3.63, 3.8) is 0 Å². The van der Waals surface area contributed by atoms with E-state index < -0.39 is 0 Å². The zero-order valence-electron chi connectivity index (χ0n) is 34.3. The summed E-state index contributed by atoms with van der Waals surface area (Å²) in [6.45, 7) is 4.84. The molecule has 1 aliphatic rings. The maximum atomic E-state index is 5.13. The SMILES string of the molecule is CC1(C)c2cc3c4ccccc4c4ccccc4c3cc2-c2ccc3c4c5ccccc5ccc4n(-c4cccc(-c5nc(-c6ccccc6)nc(-c6ccccc6)n5)c4)c3c21. The number of nitrogens with zero attached hydrogens (tertiary/aromatic N) is 4. The fraction of sp³-hybridized carbons (Fsp3) is 0.0517. The third-order valence-electron chi connectivity index (χ3n) is 13.4. The lowest BCUT2D eigenvalue weighted by atomic mass is 9.80. The zero-order chi connectivity index (χ0) is 41.1. The van der Waals surface area contributed by atoms with Crippen molar-refractivity contribution < 1.29 is 0 Å². The van der Waals surface area contributed by atoms with Gasteiger partial charge in [-0.05, 0) is 95.7 Å². The maximum Gasteiger partial charge on any atom is 0.164 e. The van der Waals surface area contributed by atoms with E-state index in [-0.39, 0.29) is 5.41 Å². The molecule has 0 amide bonds. The monoisotopic (exact) mass is 790 g/mol. The van der Waals surface area contributed by atoms with Crippen LogP contribution in [0, 0.1) is 0 Å². The second-order valence-corrected chi connectivity index (χ2v) is 17.1. The molecule has 0 spiro atoms. The van der Waals surface area contributed by atoms with Crippen LogP contribution in [0.1, 0.15) is 25.0 Å². The first-order chi connectivity index (χ1) is 30.5. The van der Waals surface area contributed by atoms with Gasteiger partial charge in [-0.25, -0.2) is 15.0 Å². The molecule has 0 fully saturated rings. The summed E-state index contributed by atoms with van der Waals surface area (Å²) < 4.78 is 2.51. The Morgan fingerprint density at radius 1 is 0.387 bits per heavy atom. The van der Waals surface area contributed by atoms with Crippen molar-refractivity contribution in [2.24, 2.45) is 0 Å². The van der Waals surface area contributed by atoms with E-state index >= 15 is 0 Å². The average Bonchev–Trinajstić information content (AvgIpc) is 3.79. The molecule has 290 valence electrons. The Bertz CT molecular complexity index is 3770. The topological polar surface area (TPSA) is 43.6 Å². The quantitative estimate of drug-likeness (QED) is 0.167. The van der Waals surface area contributed by atoms with Gasteiger partial charge in [-0.15, -0.1) is 0 Å². The van der Waals surface area contributed by atoms with Gasteiger partial charge in [0, 0.05) is 38.6 Å². The Kier molecular flexibility index (Phi) is 7.32. The number of rotatable bonds is 4. The van der Waals surface area contributed by atoms with Crippen LogP contribution in [0.25, 0.3) is 116 Å². The van der Waals surface area contributed by atoms with Gasteiger partial charge in [-0.1, -0.05) is 178 Å². The Balaban J connectivity index is 1.10. The molecule has 0 unspecified atom stereocenters. The van der Waals surface area contributed by atoms with Crippen LogP contribution in [0.15, 0.2) is 194 Å². The lowest BCUT2D eigenvalue weighted by Crippen LogP contribution is -2.16. The second-order valence-electron chi connectivity index (χ2n) is 17.1. The number of aromatic nitrogens is 4. The summed E-state index contributed by atoms with van der Waals surface area (Å²) >= 11 is 0. The first-order valence-corrected chi connectivity index (χ1v) is 21.4. The minimum absolute atomic E-state index is 0.311. The predicted molar refractivity (Wildman–Crippen MR) is 258 cm³/mol. The molecule has 0 aliphatic heterocycles. The van der Waals surface area contributed by atoms with E-state index in [4.69, 9.17) is 15.0 Å². The van der Waals surface area contributed by atoms with Crippen LogP contribution in [-0.4, -0.2) is 19.5 Å². The molecule has 62 heavy (non-hydrogen) atoms. The fourth-order valence-corrected chi connectivity index (χ4v) is 10.5. The molecule has 0 saturated carbocycles. The van der Waals surface area contributed by atoms with Gasteiger partial charge in [0.05, 0.1) is 11.0 Å². The van der Waals surface area contributed by atoms with E-state index in [9.17, 15) is 0 Å². The Labute approximate surface area is 358 Å². The molecule has 0 bridgehead atoms. The molecule has 0 atom stereocenters. The van der Waals surface area contributed by atoms with E-state index in [1.54, 1.807) is 0 Å². The van der Waals surface area contributed by atoms with Gasteiger partial charge in [0.15, 0.2) is 17.5 Å². The average molecular weight is 791 g/mol. The second kappa shape index (κ2) is 13.0. The summed E-state index contributed by atoms with van der Waals surface area (Å²) in [7, 11) is 0. The normalized spacial score (nSPS) is 13.1. The van der Waals surface area contributed by atoms with Gasteiger partial charge in [-0.2, -0.15) is 0 Å². The van der Waals surface area contributed by atoms with Crippen LogP contribution in [0.5, 0.6) is 0 Å². The molecule has 13 rings (SSSR count). The number of fused-ring (bicyclic) bond motifs is 15. The summed E-state index contributed by atoms with van der Waals surface area (Å²) in [6.07, 6.45) is 0. The third-order valence-corrected chi connectivity index (χ3v) is 13.4. The van der Waals surface area contributed by atoms with Crippen molar-refractivity contribution in [2.75, 3.05) is 0 Å². The van der Waals surface area contributed by atoms with E-state index in [2.05, 4.69) is 176 Å². The number of benzene rings is 10. The van der Waals surface area contributed by atoms with Crippen LogP contribution in [0.4, 0.5) is 0 Å². The van der Waals surface area contributed by atoms with Gasteiger partial charge in [-0.3, -0.25) is 0 Å². The molecule has 0 N–H and O–H groups in total. The smallest absolute Gasteiger partial charge is 0.164 e. The molecule has 2 heterocycles.